The van der Waals surface area contributed by atoms with Crippen LogP contribution in [0.1, 0.15) is 11.3 Å². The van der Waals surface area contributed by atoms with Gasteiger partial charge in [0.2, 0.25) is 0 Å². The number of hydrogen-bond donors (Lipinski definition) is 1. The molecule has 3 rings (SSSR count). The second-order valence-corrected chi connectivity index (χ2v) is 4.70. The van der Waals surface area contributed by atoms with Crippen molar-refractivity contribution in [3.8, 4) is 11.5 Å². The van der Waals surface area contributed by atoms with Crippen molar-refractivity contribution in [2.75, 3.05) is 0 Å². The van der Waals surface area contributed by atoms with Gasteiger partial charge in [-0.05, 0) is 11.6 Å². The summed E-state index contributed by atoms with van der Waals surface area (Å²) in [6.07, 6.45) is 3.05. The Balaban J connectivity index is 1.70. The summed E-state index contributed by atoms with van der Waals surface area (Å²) in [7, 11) is 1.90. The first kappa shape index (κ1) is 12.5. The van der Waals surface area contributed by atoms with Gasteiger partial charge in [0.15, 0.2) is 6.10 Å². The van der Waals surface area contributed by atoms with Crippen LogP contribution in [-0.4, -0.2) is 26.7 Å². The molecule has 1 aromatic carbocycles. The van der Waals surface area contributed by atoms with E-state index in [2.05, 4.69) is 4.98 Å². The minimum atomic E-state index is -0.946. The van der Waals surface area contributed by atoms with Crippen LogP contribution < -0.4 is 9.47 Å². The van der Waals surface area contributed by atoms with E-state index < -0.39 is 12.1 Å². The third-order valence-electron chi connectivity index (χ3n) is 3.29. The Morgan fingerprint density at radius 1 is 1.60 bits per heavy atom. The molecule has 0 bridgehead atoms. The van der Waals surface area contributed by atoms with E-state index in [1.54, 1.807) is 18.6 Å². The zero-order chi connectivity index (χ0) is 14.1. The largest absolute Gasteiger partial charge is 0.487 e. The van der Waals surface area contributed by atoms with Gasteiger partial charge in [-0.2, -0.15) is 0 Å². The minimum Gasteiger partial charge on any atom is -0.487 e. The standard InChI is InChI=1S/C14H14N2O4/c1-16-8-15-6-10(16)7-19-11-3-2-9-4-13(14(17)18)20-12(9)5-11/h2-3,5-6,8,13H,4,7H2,1H3,(H,17,18). The predicted molar refractivity (Wildman–Crippen MR) is 69.7 cm³/mol. The number of carbonyl (C=O) groups is 1. The molecule has 0 radical (unpaired) electrons. The van der Waals surface area contributed by atoms with Crippen LogP contribution in [0.15, 0.2) is 30.7 Å². The molecular weight excluding hydrogens is 260 g/mol. The molecule has 1 aromatic heterocycles. The lowest BCUT2D eigenvalue weighted by atomic mass is 10.1. The summed E-state index contributed by atoms with van der Waals surface area (Å²) in [5.41, 5.74) is 1.85. The van der Waals surface area contributed by atoms with Gasteiger partial charge in [0.25, 0.3) is 0 Å². The number of rotatable bonds is 4. The molecule has 1 unspecified atom stereocenters. The highest BCUT2D eigenvalue weighted by Gasteiger charge is 2.28. The molecule has 0 saturated heterocycles. The summed E-state index contributed by atoms with van der Waals surface area (Å²) >= 11 is 0. The smallest absolute Gasteiger partial charge is 0.345 e. The van der Waals surface area contributed by atoms with Crippen LogP contribution >= 0.6 is 0 Å². The van der Waals surface area contributed by atoms with Crippen molar-refractivity contribution in [1.82, 2.24) is 9.55 Å². The molecule has 1 aliphatic heterocycles. The lowest BCUT2D eigenvalue weighted by molar-refractivity contribution is -0.144. The second kappa shape index (κ2) is 4.88. The van der Waals surface area contributed by atoms with E-state index in [9.17, 15) is 4.79 Å². The van der Waals surface area contributed by atoms with Crippen molar-refractivity contribution >= 4 is 5.97 Å². The number of ether oxygens (including phenoxy) is 2. The van der Waals surface area contributed by atoms with Crippen molar-refractivity contribution in [2.24, 2.45) is 7.05 Å². The molecule has 104 valence electrons. The number of carboxylic acid groups (broad SMARTS) is 1. The SMILES string of the molecule is Cn1cncc1COc1ccc2c(c1)OC(C(=O)O)C2. The summed E-state index contributed by atoms with van der Waals surface area (Å²) in [5.74, 6) is 0.287. The number of aliphatic carboxylic acids is 1. The average Bonchev–Trinajstić information content (AvgIpc) is 3.01. The Morgan fingerprint density at radius 3 is 3.15 bits per heavy atom. The summed E-state index contributed by atoms with van der Waals surface area (Å²) in [6, 6.07) is 5.40. The van der Waals surface area contributed by atoms with Gasteiger partial charge >= 0.3 is 5.97 Å². The number of benzene rings is 1. The van der Waals surface area contributed by atoms with Gasteiger partial charge in [-0.25, -0.2) is 9.78 Å². The molecule has 6 nitrogen and oxygen atoms in total. The van der Waals surface area contributed by atoms with E-state index >= 15 is 0 Å². The average molecular weight is 274 g/mol. The number of nitrogens with zero attached hydrogens (tertiary/aromatic N) is 2. The number of hydrogen-bond acceptors (Lipinski definition) is 4. The van der Waals surface area contributed by atoms with Gasteiger partial charge in [-0.15, -0.1) is 0 Å². The molecule has 20 heavy (non-hydrogen) atoms. The lowest BCUT2D eigenvalue weighted by Crippen LogP contribution is -2.24. The van der Waals surface area contributed by atoms with Crippen LogP contribution in [0.2, 0.25) is 0 Å². The molecular formula is C14H14N2O4. The maximum absolute atomic E-state index is 10.9. The molecule has 0 saturated carbocycles. The van der Waals surface area contributed by atoms with E-state index in [4.69, 9.17) is 14.6 Å². The van der Waals surface area contributed by atoms with Gasteiger partial charge in [0.1, 0.15) is 18.1 Å². The molecule has 0 spiro atoms. The summed E-state index contributed by atoms with van der Waals surface area (Å²) in [6.45, 7) is 0.400. The number of aromatic nitrogens is 2. The molecule has 2 heterocycles. The first-order valence-corrected chi connectivity index (χ1v) is 6.24. The molecule has 1 aliphatic rings. The van der Waals surface area contributed by atoms with E-state index in [1.807, 2.05) is 23.7 Å². The zero-order valence-corrected chi connectivity index (χ0v) is 10.9. The minimum absolute atomic E-state index is 0.396. The van der Waals surface area contributed by atoms with Crippen LogP contribution in [-0.2, 0) is 24.9 Å². The summed E-state index contributed by atoms with van der Waals surface area (Å²) < 4.78 is 12.9. The predicted octanol–water partition coefficient (Wildman–Crippen LogP) is 1.39. The third kappa shape index (κ3) is 2.32. The monoisotopic (exact) mass is 274 g/mol. The first-order chi connectivity index (χ1) is 9.63. The Bertz CT molecular complexity index is 650. The van der Waals surface area contributed by atoms with Crippen molar-refractivity contribution in [1.29, 1.82) is 0 Å². The van der Waals surface area contributed by atoms with Crippen LogP contribution in [0.5, 0.6) is 11.5 Å². The van der Waals surface area contributed by atoms with Crippen molar-refractivity contribution in [3.63, 3.8) is 0 Å². The molecule has 0 aliphatic carbocycles. The summed E-state index contributed by atoms with van der Waals surface area (Å²) in [4.78, 5) is 14.9. The van der Waals surface area contributed by atoms with Crippen LogP contribution in [0.4, 0.5) is 0 Å². The molecule has 0 fully saturated rings. The fourth-order valence-electron chi connectivity index (χ4n) is 2.12. The maximum atomic E-state index is 10.9. The lowest BCUT2D eigenvalue weighted by Gasteiger charge is -2.08. The highest BCUT2D eigenvalue weighted by Crippen LogP contribution is 2.32. The van der Waals surface area contributed by atoms with Gasteiger partial charge in [-0.1, -0.05) is 6.07 Å². The fourth-order valence-corrected chi connectivity index (χ4v) is 2.12. The normalized spacial score (nSPS) is 16.6. The highest BCUT2D eigenvalue weighted by atomic mass is 16.5. The van der Waals surface area contributed by atoms with Crippen molar-refractivity contribution in [2.45, 2.75) is 19.1 Å². The Hall–Kier alpha value is -2.50. The van der Waals surface area contributed by atoms with Crippen molar-refractivity contribution in [3.05, 3.63) is 42.0 Å². The molecule has 1 atom stereocenters. The van der Waals surface area contributed by atoms with E-state index in [0.717, 1.165) is 11.3 Å². The Kier molecular flexibility index (Phi) is 3.06. The van der Waals surface area contributed by atoms with Crippen LogP contribution in [0.25, 0.3) is 0 Å². The van der Waals surface area contributed by atoms with Gasteiger partial charge in [-0.3, -0.25) is 0 Å². The number of carboxylic acids is 1. The van der Waals surface area contributed by atoms with Crippen LogP contribution in [0, 0.1) is 0 Å². The van der Waals surface area contributed by atoms with E-state index in [0.29, 0.717) is 24.5 Å². The van der Waals surface area contributed by atoms with E-state index in [1.165, 1.54) is 0 Å². The van der Waals surface area contributed by atoms with Gasteiger partial charge < -0.3 is 19.1 Å². The molecule has 1 N–H and O–H groups in total. The maximum Gasteiger partial charge on any atom is 0.345 e. The number of fused-ring (bicyclic) bond motifs is 1. The van der Waals surface area contributed by atoms with Gasteiger partial charge in [0, 0.05) is 19.5 Å². The third-order valence-corrected chi connectivity index (χ3v) is 3.29. The molecule has 2 aromatic rings. The highest BCUT2D eigenvalue weighted by molar-refractivity contribution is 5.74. The van der Waals surface area contributed by atoms with Gasteiger partial charge in [0.05, 0.1) is 18.2 Å². The topological polar surface area (TPSA) is 73.6 Å². The quantitative estimate of drug-likeness (QED) is 0.912. The second-order valence-electron chi connectivity index (χ2n) is 4.70. The molecule has 6 heteroatoms. The first-order valence-electron chi connectivity index (χ1n) is 6.24. The van der Waals surface area contributed by atoms with E-state index in [-0.39, 0.29) is 0 Å². The van der Waals surface area contributed by atoms with Crippen molar-refractivity contribution < 1.29 is 19.4 Å². The Morgan fingerprint density at radius 2 is 2.45 bits per heavy atom. The number of imidazole rings is 1. The Labute approximate surface area is 115 Å². The summed E-state index contributed by atoms with van der Waals surface area (Å²) in [5, 5.41) is 8.95. The zero-order valence-electron chi connectivity index (χ0n) is 10.9. The fraction of sp³-hybridized carbons (Fsp3) is 0.286. The number of aryl methyl sites for hydroxylation is 1. The molecule has 0 amide bonds. The van der Waals surface area contributed by atoms with Crippen LogP contribution in [0.3, 0.4) is 0 Å².